The highest BCUT2D eigenvalue weighted by molar-refractivity contribution is 6.18. The molecule has 0 saturated heterocycles. The van der Waals surface area contributed by atoms with Crippen LogP contribution in [0, 0.1) is 0 Å². The standard InChI is InChI=1S/C14H18ClNO5/c1-2-20-13(18)11(16-14(19)21-9-8-15)12(17)10-6-4-3-5-7-10/h3-7,11-12,17H,2,8-9H2,1H3,(H,16,19). The van der Waals surface area contributed by atoms with Crippen LogP contribution < -0.4 is 5.32 Å². The van der Waals surface area contributed by atoms with E-state index in [2.05, 4.69) is 5.32 Å². The van der Waals surface area contributed by atoms with Crippen LogP contribution in [0.3, 0.4) is 0 Å². The maximum absolute atomic E-state index is 11.9. The van der Waals surface area contributed by atoms with Gasteiger partial charge in [-0.15, -0.1) is 11.6 Å². The summed E-state index contributed by atoms with van der Waals surface area (Å²) in [5.41, 5.74) is 0.480. The Bertz CT molecular complexity index is 454. The van der Waals surface area contributed by atoms with E-state index in [0.29, 0.717) is 5.56 Å². The van der Waals surface area contributed by atoms with Gasteiger partial charge >= 0.3 is 12.1 Å². The van der Waals surface area contributed by atoms with Crippen molar-refractivity contribution in [2.24, 2.45) is 0 Å². The zero-order valence-corrected chi connectivity index (χ0v) is 12.4. The summed E-state index contributed by atoms with van der Waals surface area (Å²) in [5.74, 6) is -0.602. The Morgan fingerprint density at radius 3 is 2.52 bits per heavy atom. The van der Waals surface area contributed by atoms with Crippen LogP contribution in [0.1, 0.15) is 18.6 Å². The molecule has 0 aliphatic heterocycles. The van der Waals surface area contributed by atoms with Gasteiger partial charge in [0, 0.05) is 0 Å². The third-order valence-corrected chi connectivity index (χ3v) is 2.74. The molecule has 0 heterocycles. The second-order valence-electron chi connectivity index (χ2n) is 4.05. The van der Waals surface area contributed by atoms with E-state index in [1.165, 1.54) is 0 Å². The van der Waals surface area contributed by atoms with Crippen molar-refractivity contribution < 1.29 is 24.2 Å². The van der Waals surface area contributed by atoms with Gasteiger partial charge in [-0.3, -0.25) is 0 Å². The van der Waals surface area contributed by atoms with E-state index in [0.717, 1.165) is 0 Å². The van der Waals surface area contributed by atoms with E-state index in [9.17, 15) is 14.7 Å². The summed E-state index contributed by atoms with van der Waals surface area (Å²) in [6.07, 6.45) is -2.09. The molecular formula is C14H18ClNO5. The van der Waals surface area contributed by atoms with Crippen LogP contribution in [0.15, 0.2) is 30.3 Å². The van der Waals surface area contributed by atoms with Crippen LogP contribution in [0.4, 0.5) is 4.79 Å². The molecule has 2 unspecified atom stereocenters. The zero-order valence-electron chi connectivity index (χ0n) is 11.6. The van der Waals surface area contributed by atoms with Crippen LogP contribution in [-0.4, -0.2) is 42.3 Å². The number of hydrogen-bond donors (Lipinski definition) is 2. The third kappa shape index (κ3) is 5.61. The predicted molar refractivity (Wildman–Crippen MR) is 77.0 cm³/mol. The van der Waals surface area contributed by atoms with E-state index < -0.39 is 24.2 Å². The van der Waals surface area contributed by atoms with E-state index in [1.54, 1.807) is 37.3 Å². The van der Waals surface area contributed by atoms with Gasteiger partial charge in [0.05, 0.1) is 12.5 Å². The van der Waals surface area contributed by atoms with Crippen LogP contribution in [0.5, 0.6) is 0 Å². The van der Waals surface area contributed by atoms with Gasteiger partial charge in [0.15, 0.2) is 6.04 Å². The van der Waals surface area contributed by atoms with Gasteiger partial charge in [-0.05, 0) is 12.5 Å². The molecular weight excluding hydrogens is 298 g/mol. The molecule has 0 bridgehead atoms. The number of nitrogens with one attached hydrogen (secondary N) is 1. The van der Waals surface area contributed by atoms with Crippen LogP contribution in [0.25, 0.3) is 0 Å². The smallest absolute Gasteiger partial charge is 0.407 e. The second kappa shape index (κ2) is 9.20. The van der Waals surface area contributed by atoms with E-state index in [-0.39, 0.29) is 19.1 Å². The molecule has 2 N–H and O–H groups in total. The zero-order chi connectivity index (χ0) is 15.7. The number of alkyl carbamates (subject to hydrolysis) is 1. The van der Waals surface area contributed by atoms with Crippen molar-refractivity contribution in [3.8, 4) is 0 Å². The minimum absolute atomic E-state index is 0.00433. The van der Waals surface area contributed by atoms with Gasteiger partial charge < -0.3 is 19.9 Å². The SMILES string of the molecule is CCOC(=O)C(NC(=O)OCCCl)C(O)c1ccccc1. The molecule has 7 heteroatoms. The average molecular weight is 316 g/mol. The first-order valence-electron chi connectivity index (χ1n) is 6.49. The van der Waals surface area contributed by atoms with Crippen molar-refractivity contribution in [1.82, 2.24) is 5.32 Å². The largest absolute Gasteiger partial charge is 0.464 e. The Hall–Kier alpha value is -1.79. The molecule has 6 nitrogen and oxygen atoms in total. The maximum Gasteiger partial charge on any atom is 0.407 e. The van der Waals surface area contributed by atoms with Crippen molar-refractivity contribution in [3.05, 3.63) is 35.9 Å². The number of halogens is 1. The molecule has 0 saturated carbocycles. The second-order valence-corrected chi connectivity index (χ2v) is 4.43. The van der Waals surface area contributed by atoms with Crippen LogP contribution >= 0.6 is 11.6 Å². The van der Waals surface area contributed by atoms with Gasteiger partial charge in [0.1, 0.15) is 12.7 Å². The Morgan fingerprint density at radius 1 is 1.29 bits per heavy atom. The first kappa shape index (κ1) is 17.3. The molecule has 1 aromatic rings. The Balaban J connectivity index is 2.81. The molecule has 1 rings (SSSR count). The summed E-state index contributed by atoms with van der Waals surface area (Å²) in [7, 11) is 0. The summed E-state index contributed by atoms with van der Waals surface area (Å²) in [6.45, 7) is 1.77. The molecule has 0 fully saturated rings. The van der Waals surface area contributed by atoms with E-state index in [4.69, 9.17) is 21.1 Å². The number of hydrogen-bond acceptors (Lipinski definition) is 5. The highest BCUT2D eigenvalue weighted by Gasteiger charge is 2.31. The van der Waals surface area contributed by atoms with E-state index in [1.807, 2.05) is 0 Å². The number of benzene rings is 1. The normalized spacial score (nSPS) is 13.1. The first-order chi connectivity index (χ1) is 10.1. The Kier molecular flexibility index (Phi) is 7.56. The lowest BCUT2D eigenvalue weighted by atomic mass is 10.0. The van der Waals surface area contributed by atoms with Gasteiger partial charge in [-0.25, -0.2) is 9.59 Å². The number of carbonyl (C=O) groups is 2. The molecule has 0 aliphatic rings. The van der Waals surface area contributed by atoms with Crippen LogP contribution in [0.2, 0.25) is 0 Å². The fourth-order valence-electron chi connectivity index (χ4n) is 1.64. The number of rotatable bonds is 7. The van der Waals surface area contributed by atoms with E-state index >= 15 is 0 Å². The molecule has 0 spiro atoms. The number of amides is 1. The third-order valence-electron chi connectivity index (χ3n) is 2.58. The molecule has 0 aromatic heterocycles. The average Bonchev–Trinajstić information content (AvgIpc) is 2.51. The quantitative estimate of drug-likeness (QED) is 0.590. The van der Waals surface area contributed by atoms with Gasteiger partial charge in [0.2, 0.25) is 0 Å². The fourth-order valence-corrected chi connectivity index (χ4v) is 1.72. The number of esters is 1. The maximum atomic E-state index is 11.9. The summed E-state index contributed by atoms with van der Waals surface area (Å²) in [6, 6.07) is 7.23. The van der Waals surface area contributed by atoms with Crippen molar-refractivity contribution in [2.75, 3.05) is 19.1 Å². The van der Waals surface area contributed by atoms with Crippen molar-refractivity contribution in [3.63, 3.8) is 0 Å². The lowest BCUT2D eigenvalue weighted by molar-refractivity contribution is -0.148. The molecule has 0 aliphatic carbocycles. The number of aliphatic hydroxyl groups is 1. The van der Waals surface area contributed by atoms with Gasteiger partial charge in [-0.1, -0.05) is 30.3 Å². The topological polar surface area (TPSA) is 84.9 Å². The van der Waals surface area contributed by atoms with Crippen molar-refractivity contribution in [2.45, 2.75) is 19.1 Å². The Labute approximate surface area is 128 Å². The van der Waals surface area contributed by atoms with Crippen molar-refractivity contribution in [1.29, 1.82) is 0 Å². The number of alkyl halides is 1. The first-order valence-corrected chi connectivity index (χ1v) is 7.02. The monoisotopic (exact) mass is 315 g/mol. The fraction of sp³-hybridized carbons (Fsp3) is 0.429. The summed E-state index contributed by atoms with van der Waals surface area (Å²) >= 11 is 5.41. The van der Waals surface area contributed by atoms with Gasteiger partial charge in [0.25, 0.3) is 0 Å². The summed E-state index contributed by atoms with van der Waals surface area (Å²) in [5, 5.41) is 12.5. The van der Waals surface area contributed by atoms with Crippen LogP contribution in [-0.2, 0) is 14.3 Å². The minimum atomic E-state index is -1.25. The molecule has 21 heavy (non-hydrogen) atoms. The van der Waals surface area contributed by atoms with Gasteiger partial charge in [-0.2, -0.15) is 0 Å². The van der Waals surface area contributed by atoms with Crippen molar-refractivity contribution >= 4 is 23.7 Å². The summed E-state index contributed by atoms with van der Waals surface area (Å²) < 4.78 is 9.59. The lowest BCUT2D eigenvalue weighted by Gasteiger charge is -2.22. The molecule has 2 atom stereocenters. The highest BCUT2D eigenvalue weighted by Crippen LogP contribution is 2.17. The molecule has 1 amide bonds. The lowest BCUT2D eigenvalue weighted by Crippen LogP contribution is -2.46. The molecule has 1 aromatic carbocycles. The molecule has 116 valence electrons. The number of ether oxygens (including phenoxy) is 2. The highest BCUT2D eigenvalue weighted by atomic mass is 35.5. The number of aliphatic hydroxyl groups excluding tert-OH is 1. The minimum Gasteiger partial charge on any atom is -0.464 e. The molecule has 0 radical (unpaired) electrons. The number of carbonyl (C=O) groups excluding carboxylic acids is 2. The summed E-state index contributed by atoms with van der Waals surface area (Å²) in [4.78, 5) is 23.4. The Morgan fingerprint density at radius 2 is 1.95 bits per heavy atom. The predicted octanol–water partition coefficient (Wildman–Crippen LogP) is 1.62.